The number of benzene rings is 1. The summed E-state index contributed by atoms with van der Waals surface area (Å²) in [4.78, 5) is 17.2. The van der Waals surface area contributed by atoms with Crippen LogP contribution in [0.25, 0.3) is 11.3 Å². The van der Waals surface area contributed by atoms with Gasteiger partial charge < -0.3 is 5.32 Å². The van der Waals surface area contributed by atoms with Gasteiger partial charge in [-0.1, -0.05) is 30.3 Å². The molecule has 4 aromatic rings. The second-order valence-corrected chi connectivity index (χ2v) is 6.06. The molecule has 0 saturated heterocycles. The summed E-state index contributed by atoms with van der Waals surface area (Å²) in [5, 5.41) is 7.65. The molecule has 7 heteroatoms. The summed E-state index contributed by atoms with van der Waals surface area (Å²) in [6.07, 6.45) is 9.41. The quantitative estimate of drug-likeness (QED) is 0.546. The van der Waals surface area contributed by atoms with Crippen molar-refractivity contribution < 1.29 is 0 Å². The fourth-order valence-electron chi connectivity index (χ4n) is 2.88. The maximum absolute atomic E-state index is 4.66. The molecular formula is C20H19N7. The van der Waals surface area contributed by atoms with E-state index in [4.69, 9.17) is 0 Å². The molecule has 1 N–H and O–H groups in total. The maximum atomic E-state index is 4.66. The Bertz CT molecular complexity index is 956. The Morgan fingerprint density at radius 3 is 2.67 bits per heavy atom. The highest BCUT2D eigenvalue weighted by Crippen LogP contribution is 2.23. The van der Waals surface area contributed by atoms with E-state index >= 15 is 0 Å². The van der Waals surface area contributed by atoms with Gasteiger partial charge in [0.1, 0.15) is 12.7 Å². The first-order valence-electron chi connectivity index (χ1n) is 8.76. The minimum absolute atomic E-state index is 0.0551. The first-order chi connectivity index (χ1) is 13.4. The van der Waals surface area contributed by atoms with Crippen molar-refractivity contribution in [3.8, 4) is 11.3 Å². The van der Waals surface area contributed by atoms with Crippen LogP contribution in [0.5, 0.6) is 0 Å². The predicted octanol–water partition coefficient (Wildman–Crippen LogP) is 3.37. The fourth-order valence-corrected chi connectivity index (χ4v) is 2.88. The molecule has 4 rings (SSSR count). The van der Waals surface area contributed by atoms with Gasteiger partial charge in [-0.2, -0.15) is 5.10 Å². The van der Waals surface area contributed by atoms with E-state index < -0.39 is 0 Å². The lowest BCUT2D eigenvalue weighted by atomic mass is 10.0. The van der Waals surface area contributed by atoms with Crippen LogP contribution in [0.15, 0.2) is 79.8 Å². The van der Waals surface area contributed by atoms with Crippen molar-refractivity contribution >= 4 is 5.95 Å². The number of anilines is 1. The predicted molar refractivity (Wildman–Crippen MR) is 103 cm³/mol. The highest BCUT2D eigenvalue weighted by atomic mass is 15.3. The largest absolute Gasteiger partial charge is 0.347 e. The second kappa shape index (κ2) is 8.18. The number of rotatable bonds is 7. The molecule has 0 fully saturated rings. The van der Waals surface area contributed by atoms with Gasteiger partial charge in [-0.05, 0) is 30.2 Å². The topological polar surface area (TPSA) is 81.4 Å². The second-order valence-electron chi connectivity index (χ2n) is 6.06. The first-order valence-corrected chi connectivity index (χ1v) is 8.76. The highest BCUT2D eigenvalue weighted by Gasteiger charge is 2.13. The number of nitrogens with one attached hydrogen (secondary N) is 1. The van der Waals surface area contributed by atoms with Crippen LogP contribution in [-0.2, 0) is 6.54 Å². The van der Waals surface area contributed by atoms with Crippen LogP contribution in [0.1, 0.15) is 18.0 Å². The zero-order valence-corrected chi connectivity index (χ0v) is 14.7. The third-order valence-corrected chi connectivity index (χ3v) is 4.23. The van der Waals surface area contributed by atoms with Gasteiger partial charge in [-0.25, -0.2) is 15.0 Å². The molecule has 134 valence electrons. The molecule has 0 spiro atoms. The Morgan fingerprint density at radius 1 is 0.963 bits per heavy atom. The Kier molecular flexibility index (Phi) is 5.10. The van der Waals surface area contributed by atoms with Crippen LogP contribution in [0, 0.1) is 0 Å². The lowest BCUT2D eigenvalue weighted by molar-refractivity contribution is 0.536. The SMILES string of the molecule is c1ccc([C@H](CCn2cncn2)Nc2nccc(-c3cccnc3)n2)cc1. The number of pyridine rings is 1. The summed E-state index contributed by atoms with van der Waals surface area (Å²) in [7, 11) is 0. The van der Waals surface area contributed by atoms with Gasteiger partial charge in [-0.15, -0.1) is 0 Å². The van der Waals surface area contributed by atoms with E-state index in [1.165, 1.54) is 5.56 Å². The number of hydrogen-bond acceptors (Lipinski definition) is 6. The molecule has 0 aliphatic carbocycles. The molecule has 0 radical (unpaired) electrons. The first kappa shape index (κ1) is 16.8. The van der Waals surface area contributed by atoms with Gasteiger partial charge in [0, 0.05) is 30.7 Å². The Labute approximate surface area is 157 Å². The summed E-state index contributed by atoms with van der Waals surface area (Å²) in [6, 6.07) is 16.1. The Morgan fingerprint density at radius 2 is 1.89 bits per heavy atom. The van der Waals surface area contributed by atoms with Gasteiger partial charge in [0.05, 0.1) is 11.7 Å². The summed E-state index contributed by atoms with van der Waals surface area (Å²) < 4.78 is 1.82. The summed E-state index contributed by atoms with van der Waals surface area (Å²) >= 11 is 0. The van der Waals surface area contributed by atoms with Crippen LogP contribution in [0.4, 0.5) is 5.95 Å². The molecular weight excluding hydrogens is 338 g/mol. The third-order valence-electron chi connectivity index (χ3n) is 4.23. The van der Waals surface area contributed by atoms with E-state index in [0.29, 0.717) is 5.95 Å². The number of nitrogens with zero attached hydrogens (tertiary/aromatic N) is 6. The average Bonchev–Trinajstić information content (AvgIpc) is 3.26. The van der Waals surface area contributed by atoms with Crippen molar-refractivity contribution in [2.24, 2.45) is 0 Å². The zero-order valence-electron chi connectivity index (χ0n) is 14.7. The molecule has 27 heavy (non-hydrogen) atoms. The minimum Gasteiger partial charge on any atom is -0.347 e. The van der Waals surface area contributed by atoms with Gasteiger partial charge in [0.15, 0.2) is 0 Å². The number of hydrogen-bond donors (Lipinski definition) is 1. The molecule has 0 saturated carbocycles. The van der Waals surface area contributed by atoms with E-state index in [1.54, 1.807) is 31.2 Å². The van der Waals surface area contributed by atoms with Crippen molar-refractivity contribution in [3.63, 3.8) is 0 Å². The standard InChI is InChI=1S/C20H19N7/c1-2-5-16(6-3-1)19(9-12-27-15-22-14-24-27)26-20-23-11-8-18(25-20)17-7-4-10-21-13-17/h1-8,10-11,13-15,19H,9,12H2,(H,23,25,26)/t19-/m0/s1. The van der Waals surface area contributed by atoms with E-state index in [1.807, 2.05) is 41.1 Å². The van der Waals surface area contributed by atoms with Crippen molar-refractivity contribution in [2.75, 3.05) is 5.32 Å². The van der Waals surface area contributed by atoms with Crippen LogP contribution >= 0.6 is 0 Å². The van der Waals surface area contributed by atoms with Crippen LogP contribution < -0.4 is 5.32 Å². The third kappa shape index (κ3) is 4.33. The van der Waals surface area contributed by atoms with Crippen LogP contribution in [-0.4, -0.2) is 29.7 Å². The zero-order chi connectivity index (χ0) is 18.3. The van der Waals surface area contributed by atoms with Crippen LogP contribution in [0.3, 0.4) is 0 Å². The smallest absolute Gasteiger partial charge is 0.223 e. The molecule has 0 bridgehead atoms. The average molecular weight is 357 g/mol. The highest BCUT2D eigenvalue weighted by molar-refractivity contribution is 5.58. The van der Waals surface area contributed by atoms with Crippen LogP contribution in [0.2, 0.25) is 0 Å². The number of aromatic nitrogens is 6. The van der Waals surface area contributed by atoms with Crippen molar-refractivity contribution in [2.45, 2.75) is 19.0 Å². The molecule has 7 nitrogen and oxygen atoms in total. The molecule has 0 aliphatic rings. The van der Waals surface area contributed by atoms with Gasteiger partial charge in [0.25, 0.3) is 0 Å². The Hall–Kier alpha value is -3.61. The minimum atomic E-state index is 0.0551. The summed E-state index contributed by atoms with van der Waals surface area (Å²) in [5.41, 5.74) is 2.97. The van der Waals surface area contributed by atoms with Gasteiger partial charge in [0.2, 0.25) is 5.95 Å². The van der Waals surface area contributed by atoms with E-state index in [9.17, 15) is 0 Å². The Balaban J connectivity index is 1.56. The molecule has 0 aliphatic heterocycles. The molecule has 3 aromatic heterocycles. The van der Waals surface area contributed by atoms with Gasteiger partial charge in [-0.3, -0.25) is 9.67 Å². The van der Waals surface area contributed by atoms with Crippen molar-refractivity contribution in [3.05, 3.63) is 85.3 Å². The molecule has 1 atom stereocenters. The van der Waals surface area contributed by atoms with E-state index in [-0.39, 0.29) is 6.04 Å². The number of aryl methyl sites for hydroxylation is 1. The summed E-state index contributed by atoms with van der Waals surface area (Å²) in [5.74, 6) is 0.587. The monoisotopic (exact) mass is 357 g/mol. The fraction of sp³-hybridized carbons (Fsp3) is 0.150. The molecule has 1 aromatic carbocycles. The molecule has 0 unspecified atom stereocenters. The normalized spacial score (nSPS) is 11.9. The molecule has 0 amide bonds. The lowest BCUT2D eigenvalue weighted by Crippen LogP contribution is -2.16. The van der Waals surface area contributed by atoms with Gasteiger partial charge >= 0.3 is 0 Å². The van der Waals surface area contributed by atoms with E-state index in [0.717, 1.165) is 24.2 Å². The van der Waals surface area contributed by atoms with Crippen molar-refractivity contribution in [1.82, 2.24) is 29.7 Å². The maximum Gasteiger partial charge on any atom is 0.223 e. The van der Waals surface area contributed by atoms with E-state index in [2.05, 4.69) is 42.5 Å². The lowest BCUT2D eigenvalue weighted by Gasteiger charge is -2.19. The molecule has 3 heterocycles. The summed E-state index contributed by atoms with van der Waals surface area (Å²) in [6.45, 7) is 0.745. The van der Waals surface area contributed by atoms with Crippen molar-refractivity contribution in [1.29, 1.82) is 0 Å².